The molecule has 0 aliphatic heterocycles. The van der Waals surface area contributed by atoms with E-state index in [-0.39, 0.29) is 32.2 Å². The van der Waals surface area contributed by atoms with E-state index in [0.717, 1.165) is 20.5 Å². The van der Waals surface area contributed by atoms with Crippen LogP contribution in [0, 0.1) is 3.70 Å². The van der Waals surface area contributed by atoms with E-state index < -0.39 is 0 Å². The summed E-state index contributed by atoms with van der Waals surface area (Å²) < 4.78 is 3.05. The van der Waals surface area contributed by atoms with Crippen molar-refractivity contribution in [1.82, 2.24) is 14.3 Å². The molecule has 2 heterocycles. The van der Waals surface area contributed by atoms with Gasteiger partial charge >= 0.3 is 0 Å². The van der Waals surface area contributed by atoms with Crippen molar-refractivity contribution in [3.8, 4) is 11.1 Å². The van der Waals surface area contributed by atoms with Crippen molar-refractivity contribution in [2.75, 3.05) is 26.3 Å². The molecule has 0 aliphatic carbocycles. The summed E-state index contributed by atoms with van der Waals surface area (Å²) in [5, 5.41) is 18.1. The Morgan fingerprint density at radius 2 is 1.76 bits per heavy atom. The standard InChI is InChI=1S/C18H18IN3O3/c19-16-12-20-17-11-15(5-6-22(16)17)13-1-3-14(4-2-13)18(25)21(7-9-23)8-10-24/h1-6,11-12,23-24H,7-10H2. The molecule has 6 nitrogen and oxygen atoms in total. The number of benzene rings is 1. The quantitative estimate of drug-likeness (QED) is 0.563. The first-order valence-corrected chi connectivity index (χ1v) is 8.96. The summed E-state index contributed by atoms with van der Waals surface area (Å²) in [6.45, 7) is 0.145. The molecule has 130 valence electrons. The summed E-state index contributed by atoms with van der Waals surface area (Å²) >= 11 is 2.23. The molecule has 0 saturated heterocycles. The van der Waals surface area contributed by atoms with Crippen LogP contribution < -0.4 is 0 Å². The number of hydrogen-bond acceptors (Lipinski definition) is 4. The molecule has 0 radical (unpaired) electrons. The molecule has 1 aromatic carbocycles. The van der Waals surface area contributed by atoms with Crippen molar-refractivity contribution in [2.45, 2.75) is 0 Å². The lowest BCUT2D eigenvalue weighted by Gasteiger charge is -2.20. The van der Waals surface area contributed by atoms with E-state index in [4.69, 9.17) is 10.2 Å². The van der Waals surface area contributed by atoms with E-state index >= 15 is 0 Å². The highest BCUT2D eigenvalue weighted by Gasteiger charge is 2.15. The molecule has 3 rings (SSSR count). The second-order valence-corrected chi connectivity index (χ2v) is 6.65. The van der Waals surface area contributed by atoms with E-state index in [1.807, 2.05) is 41.1 Å². The van der Waals surface area contributed by atoms with Crippen LogP contribution in [0.15, 0.2) is 48.8 Å². The molecule has 0 aliphatic rings. The fourth-order valence-electron chi connectivity index (χ4n) is 2.67. The third kappa shape index (κ3) is 3.83. The number of aliphatic hydroxyl groups is 2. The number of halogens is 1. The number of fused-ring (bicyclic) bond motifs is 1. The van der Waals surface area contributed by atoms with E-state index in [1.165, 1.54) is 4.90 Å². The van der Waals surface area contributed by atoms with Crippen molar-refractivity contribution in [3.05, 3.63) is 58.1 Å². The number of aromatic nitrogens is 2. The Labute approximate surface area is 158 Å². The molecule has 2 N–H and O–H groups in total. The van der Waals surface area contributed by atoms with Gasteiger partial charge in [0.15, 0.2) is 0 Å². The molecular weight excluding hydrogens is 433 g/mol. The van der Waals surface area contributed by atoms with Crippen LogP contribution in [0.5, 0.6) is 0 Å². The number of carbonyl (C=O) groups excluding carboxylic acids is 1. The summed E-state index contributed by atoms with van der Waals surface area (Å²) in [5.74, 6) is -0.201. The highest BCUT2D eigenvalue weighted by molar-refractivity contribution is 14.1. The molecule has 0 atom stereocenters. The van der Waals surface area contributed by atoms with Crippen molar-refractivity contribution >= 4 is 34.1 Å². The first-order chi connectivity index (χ1) is 12.1. The van der Waals surface area contributed by atoms with Gasteiger partial charge in [0.1, 0.15) is 9.35 Å². The zero-order valence-corrected chi connectivity index (χ0v) is 15.6. The second-order valence-electron chi connectivity index (χ2n) is 5.54. The summed E-state index contributed by atoms with van der Waals surface area (Å²) in [6, 6.07) is 11.3. The van der Waals surface area contributed by atoms with Gasteiger partial charge in [-0.3, -0.25) is 9.20 Å². The van der Waals surface area contributed by atoms with Gasteiger partial charge in [-0.25, -0.2) is 4.98 Å². The average Bonchev–Trinajstić information content (AvgIpc) is 3.01. The van der Waals surface area contributed by atoms with Gasteiger partial charge in [0.05, 0.1) is 19.4 Å². The minimum Gasteiger partial charge on any atom is -0.395 e. The third-order valence-corrected chi connectivity index (χ3v) is 4.76. The molecular formula is C18H18IN3O3. The summed E-state index contributed by atoms with van der Waals surface area (Å²) in [6.07, 6.45) is 3.79. The Morgan fingerprint density at radius 1 is 1.08 bits per heavy atom. The number of carbonyl (C=O) groups is 1. The Balaban J connectivity index is 1.84. The van der Waals surface area contributed by atoms with Crippen LogP contribution in [-0.2, 0) is 0 Å². The maximum absolute atomic E-state index is 12.4. The van der Waals surface area contributed by atoms with E-state index in [0.29, 0.717) is 5.56 Å². The Kier molecular flexibility index (Phi) is 5.67. The Morgan fingerprint density at radius 3 is 2.40 bits per heavy atom. The Bertz CT molecular complexity index is 871. The smallest absolute Gasteiger partial charge is 0.254 e. The summed E-state index contributed by atoms with van der Waals surface area (Å²) in [4.78, 5) is 18.2. The normalized spacial score (nSPS) is 11.0. The minimum atomic E-state index is -0.201. The van der Waals surface area contributed by atoms with Crippen LogP contribution in [0.1, 0.15) is 10.4 Å². The zero-order chi connectivity index (χ0) is 17.8. The van der Waals surface area contributed by atoms with E-state index in [2.05, 4.69) is 27.6 Å². The maximum atomic E-state index is 12.4. The van der Waals surface area contributed by atoms with Gasteiger partial charge < -0.3 is 15.1 Å². The van der Waals surface area contributed by atoms with Crippen molar-refractivity contribution < 1.29 is 15.0 Å². The van der Waals surface area contributed by atoms with E-state index in [9.17, 15) is 4.79 Å². The number of rotatable bonds is 6. The van der Waals surface area contributed by atoms with Crippen molar-refractivity contribution in [3.63, 3.8) is 0 Å². The van der Waals surface area contributed by atoms with Gasteiger partial charge in [0.25, 0.3) is 5.91 Å². The minimum absolute atomic E-state index is 0.132. The second kappa shape index (κ2) is 7.94. The lowest BCUT2D eigenvalue weighted by molar-refractivity contribution is 0.0685. The van der Waals surface area contributed by atoms with Crippen LogP contribution in [0.25, 0.3) is 16.8 Å². The van der Waals surface area contributed by atoms with E-state index in [1.54, 1.807) is 12.1 Å². The molecule has 0 fully saturated rings. The van der Waals surface area contributed by atoms with Crippen molar-refractivity contribution in [1.29, 1.82) is 0 Å². The molecule has 3 aromatic rings. The first-order valence-electron chi connectivity index (χ1n) is 7.88. The van der Waals surface area contributed by atoms with Crippen LogP contribution in [0.2, 0.25) is 0 Å². The SMILES string of the molecule is O=C(c1ccc(-c2ccn3c(I)cnc3c2)cc1)N(CCO)CCO. The number of nitrogens with zero attached hydrogens (tertiary/aromatic N) is 3. The third-order valence-electron chi connectivity index (χ3n) is 3.96. The number of pyridine rings is 1. The predicted octanol–water partition coefficient (Wildman–Crippen LogP) is 2.03. The van der Waals surface area contributed by atoms with Gasteiger partial charge in [0, 0.05) is 24.8 Å². The van der Waals surface area contributed by atoms with Crippen molar-refractivity contribution in [2.24, 2.45) is 0 Å². The van der Waals surface area contributed by atoms with Crippen LogP contribution in [0.4, 0.5) is 0 Å². The molecule has 7 heteroatoms. The van der Waals surface area contributed by atoms with Gasteiger partial charge in [-0.15, -0.1) is 0 Å². The van der Waals surface area contributed by atoms with Gasteiger partial charge in [0.2, 0.25) is 0 Å². The molecule has 0 unspecified atom stereocenters. The summed E-state index contributed by atoms with van der Waals surface area (Å²) in [5.41, 5.74) is 3.42. The molecule has 25 heavy (non-hydrogen) atoms. The number of imidazole rings is 1. The largest absolute Gasteiger partial charge is 0.395 e. The fourth-order valence-corrected chi connectivity index (χ4v) is 3.22. The fraction of sp³-hybridized carbons (Fsp3) is 0.222. The lowest BCUT2D eigenvalue weighted by atomic mass is 10.0. The van der Waals surface area contributed by atoms with Crippen LogP contribution >= 0.6 is 22.6 Å². The molecule has 0 saturated carbocycles. The van der Waals surface area contributed by atoms with Gasteiger partial charge in [-0.2, -0.15) is 0 Å². The highest BCUT2D eigenvalue weighted by atomic mass is 127. The lowest BCUT2D eigenvalue weighted by Crippen LogP contribution is -2.35. The number of aliphatic hydroxyl groups excluding tert-OH is 2. The summed E-state index contributed by atoms with van der Waals surface area (Å²) in [7, 11) is 0. The Hall–Kier alpha value is -1.97. The average molecular weight is 451 g/mol. The van der Waals surface area contributed by atoms with Crippen LogP contribution in [0.3, 0.4) is 0 Å². The van der Waals surface area contributed by atoms with Crippen LogP contribution in [-0.4, -0.2) is 56.7 Å². The first kappa shape index (κ1) is 17.8. The number of hydrogen-bond donors (Lipinski definition) is 2. The highest BCUT2D eigenvalue weighted by Crippen LogP contribution is 2.22. The molecule has 2 aromatic heterocycles. The van der Waals surface area contributed by atoms with Gasteiger partial charge in [-0.1, -0.05) is 12.1 Å². The molecule has 1 amide bonds. The zero-order valence-electron chi connectivity index (χ0n) is 13.5. The molecule has 0 spiro atoms. The van der Waals surface area contributed by atoms with Gasteiger partial charge in [-0.05, 0) is 58.0 Å². The monoisotopic (exact) mass is 451 g/mol. The maximum Gasteiger partial charge on any atom is 0.254 e. The number of amides is 1. The predicted molar refractivity (Wildman–Crippen MR) is 103 cm³/mol. The topological polar surface area (TPSA) is 78.1 Å². The molecule has 0 bridgehead atoms.